The normalized spacial score (nSPS) is 16.6. The summed E-state index contributed by atoms with van der Waals surface area (Å²) in [5.74, 6) is 0.761. The molecule has 0 N–H and O–H groups in total. The maximum atomic E-state index is 12.2. The summed E-state index contributed by atoms with van der Waals surface area (Å²) in [6.45, 7) is 1.80. The number of hydrogen-bond acceptors (Lipinski definition) is 6. The fourth-order valence-electron chi connectivity index (χ4n) is 2.27. The molecule has 0 amide bonds. The molecule has 0 aromatic heterocycles. The van der Waals surface area contributed by atoms with Crippen molar-refractivity contribution in [2.24, 2.45) is 0 Å². The summed E-state index contributed by atoms with van der Waals surface area (Å²) in [7, 11) is -3.87. The Morgan fingerprint density at radius 2 is 1.96 bits per heavy atom. The van der Waals surface area contributed by atoms with Gasteiger partial charge >= 0.3 is 0 Å². The van der Waals surface area contributed by atoms with Crippen LogP contribution in [0.4, 0.5) is 0 Å². The number of aldehydes is 1. The summed E-state index contributed by atoms with van der Waals surface area (Å²) in [6, 6.07) is 11.3. The van der Waals surface area contributed by atoms with Gasteiger partial charge < -0.3 is 9.47 Å². The van der Waals surface area contributed by atoms with Crippen LogP contribution in [0.25, 0.3) is 0 Å². The Labute approximate surface area is 140 Å². The van der Waals surface area contributed by atoms with Gasteiger partial charge in [0, 0.05) is 0 Å². The van der Waals surface area contributed by atoms with Gasteiger partial charge in [0.15, 0.2) is 23.9 Å². The molecule has 0 saturated heterocycles. The van der Waals surface area contributed by atoms with E-state index in [4.69, 9.17) is 13.7 Å². The van der Waals surface area contributed by atoms with Gasteiger partial charge in [-0.2, -0.15) is 8.42 Å². The molecule has 0 fully saturated rings. The Morgan fingerprint density at radius 3 is 2.67 bits per heavy atom. The van der Waals surface area contributed by atoms with Crippen molar-refractivity contribution in [3.05, 3.63) is 53.6 Å². The summed E-state index contributed by atoms with van der Waals surface area (Å²) >= 11 is 0. The molecule has 0 saturated carbocycles. The third kappa shape index (κ3) is 3.42. The van der Waals surface area contributed by atoms with Crippen molar-refractivity contribution in [3.8, 4) is 11.5 Å². The van der Waals surface area contributed by atoms with Crippen LogP contribution < -0.4 is 9.47 Å². The van der Waals surface area contributed by atoms with Crippen LogP contribution in [0.5, 0.6) is 11.5 Å². The average molecular weight is 348 g/mol. The highest BCUT2D eigenvalue weighted by atomic mass is 32.2. The maximum Gasteiger partial charge on any atom is 0.297 e. The van der Waals surface area contributed by atoms with Gasteiger partial charge in [-0.05, 0) is 31.2 Å². The van der Waals surface area contributed by atoms with E-state index < -0.39 is 16.2 Å². The van der Waals surface area contributed by atoms with Gasteiger partial charge in [0.25, 0.3) is 10.1 Å². The number of para-hydroxylation sites is 1. The van der Waals surface area contributed by atoms with Crippen LogP contribution in [-0.4, -0.2) is 34.0 Å². The van der Waals surface area contributed by atoms with Gasteiger partial charge in [-0.3, -0.25) is 8.98 Å². The van der Waals surface area contributed by atoms with Crippen molar-refractivity contribution < 1.29 is 26.9 Å². The van der Waals surface area contributed by atoms with E-state index in [1.807, 2.05) is 6.92 Å². The lowest BCUT2D eigenvalue weighted by Gasteiger charge is -2.26. The Hall–Kier alpha value is -2.38. The second-order valence-corrected chi connectivity index (χ2v) is 7.01. The molecule has 6 nitrogen and oxygen atoms in total. The van der Waals surface area contributed by atoms with Crippen LogP contribution in [-0.2, 0) is 14.3 Å². The molecule has 1 atom stereocenters. The SMILES string of the molecule is Cc1ccc(S(=O)(=O)OC[C@H]2COc3cccc(C=O)c3O2)cc1. The molecule has 1 heterocycles. The minimum absolute atomic E-state index is 0.0822. The second-order valence-electron chi connectivity index (χ2n) is 5.39. The highest BCUT2D eigenvalue weighted by Crippen LogP contribution is 2.34. The first-order valence-corrected chi connectivity index (χ1v) is 8.74. The Bertz CT molecular complexity index is 842. The molecule has 2 aromatic carbocycles. The molecule has 0 aliphatic carbocycles. The van der Waals surface area contributed by atoms with Crippen molar-refractivity contribution in [3.63, 3.8) is 0 Å². The predicted molar refractivity (Wildman–Crippen MR) is 86.1 cm³/mol. The molecule has 1 aliphatic heterocycles. The van der Waals surface area contributed by atoms with E-state index in [9.17, 15) is 13.2 Å². The van der Waals surface area contributed by atoms with Gasteiger partial charge in [-0.15, -0.1) is 0 Å². The van der Waals surface area contributed by atoms with Crippen molar-refractivity contribution >= 4 is 16.4 Å². The average Bonchev–Trinajstić information content (AvgIpc) is 2.59. The molecule has 3 rings (SSSR count). The number of aryl methyl sites for hydroxylation is 1. The lowest BCUT2D eigenvalue weighted by Crippen LogP contribution is -2.34. The molecule has 0 radical (unpaired) electrons. The summed E-state index contributed by atoms with van der Waals surface area (Å²) in [4.78, 5) is 11.1. The van der Waals surface area contributed by atoms with E-state index in [0.717, 1.165) is 5.56 Å². The van der Waals surface area contributed by atoms with E-state index in [2.05, 4.69) is 0 Å². The Kier molecular flexibility index (Phi) is 4.55. The summed E-state index contributed by atoms with van der Waals surface area (Å²) in [5.41, 5.74) is 1.30. The van der Waals surface area contributed by atoms with E-state index >= 15 is 0 Å². The lowest BCUT2D eigenvalue weighted by atomic mass is 10.2. The minimum atomic E-state index is -3.87. The molecule has 1 aliphatic rings. The minimum Gasteiger partial charge on any atom is -0.486 e. The van der Waals surface area contributed by atoms with Crippen molar-refractivity contribution in [1.29, 1.82) is 0 Å². The summed E-state index contributed by atoms with van der Waals surface area (Å²) < 4.78 is 40.6. The Morgan fingerprint density at radius 1 is 1.21 bits per heavy atom. The van der Waals surface area contributed by atoms with Crippen LogP contribution in [0.1, 0.15) is 15.9 Å². The number of ether oxygens (including phenoxy) is 2. The lowest BCUT2D eigenvalue weighted by molar-refractivity contribution is 0.0544. The van der Waals surface area contributed by atoms with E-state index in [-0.39, 0.29) is 18.1 Å². The second kappa shape index (κ2) is 6.62. The molecule has 0 unspecified atom stereocenters. The molecule has 0 spiro atoms. The van der Waals surface area contributed by atoms with Crippen LogP contribution in [0.3, 0.4) is 0 Å². The van der Waals surface area contributed by atoms with Gasteiger partial charge in [0.05, 0.1) is 10.5 Å². The Balaban J connectivity index is 1.69. The number of fused-ring (bicyclic) bond motifs is 1. The van der Waals surface area contributed by atoms with E-state index in [0.29, 0.717) is 23.3 Å². The third-order valence-corrected chi connectivity index (χ3v) is 4.86. The first-order chi connectivity index (χ1) is 11.5. The molecular formula is C17H16O6S. The molecular weight excluding hydrogens is 332 g/mol. The standard InChI is InChI=1S/C17H16O6S/c1-12-5-7-15(8-6-12)24(19,20)22-11-14-10-21-16-4-2-3-13(9-18)17(16)23-14/h2-9,14H,10-11H2,1H3/t14-/m1/s1. The fraction of sp³-hybridized carbons (Fsp3) is 0.235. The van der Waals surface area contributed by atoms with Gasteiger partial charge in [-0.1, -0.05) is 23.8 Å². The highest BCUT2D eigenvalue weighted by molar-refractivity contribution is 7.86. The number of benzene rings is 2. The highest BCUT2D eigenvalue weighted by Gasteiger charge is 2.26. The van der Waals surface area contributed by atoms with Crippen molar-refractivity contribution in [2.75, 3.05) is 13.2 Å². The van der Waals surface area contributed by atoms with E-state index in [1.54, 1.807) is 30.3 Å². The first kappa shape index (κ1) is 16.5. The zero-order valence-corrected chi connectivity index (χ0v) is 13.8. The topological polar surface area (TPSA) is 78.9 Å². The first-order valence-electron chi connectivity index (χ1n) is 7.33. The van der Waals surface area contributed by atoms with Crippen LogP contribution in [0.15, 0.2) is 47.4 Å². The van der Waals surface area contributed by atoms with Gasteiger partial charge in [0.1, 0.15) is 13.2 Å². The summed E-state index contributed by atoms with van der Waals surface area (Å²) in [6.07, 6.45) is 0.0351. The molecule has 7 heteroatoms. The number of carbonyl (C=O) groups excluding carboxylic acids is 1. The number of carbonyl (C=O) groups is 1. The largest absolute Gasteiger partial charge is 0.486 e. The van der Waals surface area contributed by atoms with Gasteiger partial charge in [0.2, 0.25) is 0 Å². The zero-order valence-electron chi connectivity index (χ0n) is 13.0. The van der Waals surface area contributed by atoms with E-state index in [1.165, 1.54) is 12.1 Å². The van der Waals surface area contributed by atoms with Crippen LogP contribution in [0, 0.1) is 6.92 Å². The van der Waals surface area contributed by atoms with Crippen LogP contribution in [0.2, 0.25) is 0 Å². The third-order valence-electron chi connectivity index (χ3n) is 3.56. The number of hydrogen-bond donors (Lipinski definition) is 0. The maximum absolute atomic E-state index is 12.2. The summed E-state index contributed by atoms with van der Waals surface area (Å²) in [5, 5.41) is 0. The molecule has 24 heavy (non-hydrogen) atoms. The van der Waals surface area contributed by atoms with Crippen LogP contribution >= 0.6 is 0 Å². The van der Waals surface area contributed by atoms with Crippen molar-refractivity contribution in [1.82, 2.24) is 0 Å². The predicted octanol–water partition coefficient (Wildman–Crippen LogP) is 2.35. The van der Waals surface area contributed by atoms with Gasteiger partial charge in [-0.25, -0.2) is 0 Å². The smallest absolute Gasteiger partial charge is 0.297 e. The fourth-order valence-corrected chi connectivity index (χ4v) is 3.21. The molecule has 0 bridgehead atoms. The molecule has 126 valence electrons. The number of rotatable bonds is 5. The van der Waals surface area contributed by atoms with Crippen molar-refractivity contribution in [2.45, 2.75) is 17.9 Å². The monoisotopic (exact) mass is 348 g/mol. The zero-order chi connectivity index (χ0) is 17.2. The quantitative estimate of drug-likeness (QED) is 0.610. The molecule has 2 aromatic rings.